The molecule has 7 rings (SSSR count). The summed E-state index contributed by atoms with van der Waals surface area (Å²) in [6, 6.07) is 20.7. The van der Waals surface area contributed by atoms with E-state index in [2.05, 4.69) is 191 Å². The van der Waals surface area contributed by atoms with Gasteiger partial charge in [-0.15, -0.1) is 11.6 Å². The molecule has 0 aliphatic rings. The molecule has 3 aromatic carbocycles. The normalized spacial score (nSPS) is 9.60. The van der Waals surface area contributed by atoms with Gasteiger partial charge in [-0.3, -0.25) is 14.1 Å². The number of nitrogens with two attached hydrogens (primary N) is 2. The number of aromatic nitrogens is 4. The number of ether oxygens (including phenoxy) is 4. The number of carbonyl (C=O) groups excluding carboxylic acids is 3. The molecule has 0 saturated carbocycles. The number of benzene rings is 3. The number of ketones is 1. The molecule has 0 bridgehead atoms. The van der Waals surface area contributed by atoms with E-state index in [1.54, 1.807) is 61.7 Å². The van der Waals surface area contributed by atoms with Crippen LogP contribution in [-0.2, 0) is 74.7 Å². The minimum Gasteiger partial charge on any atom is -0.504 e. The maximum atomic E-state index is 13.7. The van der Waals surface area contributed by atoms with Crippen molar-refractivity contribution in [1.29, 1.82) is 0 Å². The van der Waals surface area contributed by atoms with Crippen molar-refractivity contribution in [3.63, 3.8) is 0 Å². The van der Waals surface area contributed by atoms with Crippen LogP contribution in [0.1, 0.15) is 53.6 Å². The second kappa shape index (κ2) is 55.5. The van der Waals surface area contributed by atoms with Crippen LogP contribution in [0.2, 0.25) is 0 Å². The van der Waals surface area contributed by atoms with Gasteiger partial charge in [0, 0.05) is 104 Å². The number of anilines is 2. The SMILES string of the molecule is CCOC(=O)C(Cl)C(C)=O.CCOC(=O)c1c(C)nc2c(OCc3c(F)cccc3F)cccn12.Fc1cccc(F)c1CBr.IC(I)I.ICI.II.Nc1ncccc1O.Nc1ncccc1OCc1c(F)cccc1F.[CH2-]I.[CH3-].[V].[V]. The third-order valence-electron chi connectivity index (χ3n) is 8.79. The summed E-state index contributed by atoms with van der Waals surface area (Å²) >= 11 is 25.9. The number of carbonyl (C=O) groups is 3. The summed E-state index contributed by atoms with van der Waals surface area (Å²) in [6.45, 7) is 6.26. The van der Waals surface area contributed by atoms with Crippen LogP contribution in [0.3, 0.4) is 0 Å². The molecule has 0 amide bonds. The van der Waals surface area contributed by atoms with Crippen molar-refractivity contribution in [1.82, 2.24) is 19.4 Å². The number of alkyl halides is 7. The number of nitrogen functional groups attached to an aromatic ring is 2. The van der Waals surface area contributed by atoms with Crippen LogP contribution in [0.5, 0.6) is 17.2 Å². The van der Waals surface area contributed by atoms with Crippen molar-refractivity contribution >= 4 is 235 Å². The zero-order valence-electron chi connectivity index (χ0n) is 44.7. The van der Waals surface area contributed by atoms with Gasteiger partial charge < -0.3 is 65.5 Å². The number of fused-ring (bicyclic) bond motifs is 1. The number of Topliss-reactive ketones (excluding diaryl/α,β-unsaturated/α-hetero) is 1. The summed E-state index contributed by atoms with van der Waals surface area (Å²) in [4.78, 5) is 48.1. The predicted octanol–water partition coefficient (Wildman–Crippen LogP) is 18.0. The maximum Gasteiger partial charge on any atom is 0.357 e. The Balaban J connectivity index is -0.000000309. The molecule has 464 valence electrons. The van der Waals surface area contributed by atoms with Crippen molar-refractivity contribution in [3.8, 4) is 17.2 Å². The van der Waals surface area contributed by atoms with Gasteiger partial charge in [0.05, 0.1) is 32.5 Å². The van der Waals surface area contributed by atoms with Gasteiger partial charge in [-0.25, -0.2) is 50.9 Å². The van der Waals surface area contributed by atoms with Crippen LogP contribution < -0.4 is 20.9 Å². The number of pyridine rings is 3. The number of nitrogens with zero attached hydrogens (tertiary/aromatic N) is 4. The van der Waals surface area contributed by atoms with E-state index in [0.29, 0.717) is 28.5 Å². The fraction of sp³-hybridized carbons (Fsp3) is 0.231. The quantitative estimate of drug-likeness (QED) is 0.0261. The molecule has 0 saturated heterocycles. The van der Waals surface area contributed by atoms with E-state index < -0.39 is 52.2 Å². The van der Waals surface area contributed by atoms with Crippen LogP contribution in [0.4, 0.5) is 38.0 Å². The van der Waals surface area contributed by atoms with Gasteiger partial charge in [0.1, 0.15) is 48.1 Å². The summed E-state index contributed by atoms with van der Waals surface area (Å²) in [7, 11) is 0. The van der Waals surface area contributed by atoms with E-state index in [-0.39, 0.29) is 116 Å². The molecule has 32 heteroatoms. The van der Waals surface area contributed by atoms with E-state index >= 15 is 0 Å². The molecule has 0 aliphatic heterocycles. The molecule has 0 spiro atoms. The van der Waals surface area contributed by atoms with Crippen LogP contribution in [0.25, 0.3) is 5.65 Å². The smallest absolute Gasteiger partial charge is 0.357 e. The standard InChI is InChI=1S/C18H16F2N2O3.C12H10F2N2O.C7H5BrF2.C6H9ClO3.C5H6N2O.CHI3.CH2I2.CH2I.CH3.I2.2V/c1-3-24-18(23)16-11(2)21-17-15(8-5-9-22(16)17)25-10-12-13(19)6-4-7-14(12)20;13-9-3-1-4-10(14)8(9)7-17-11-5-2-6-16-12(11)15;8-4-5-6(9)2-1-3-7(5)10;1-3-10-6(9)5(7)4(2)8;6-5-4(8)2-1-3-7-5;2-1(3)4;2-1-3;1-2;;1-2;;/h4-9H,3,10H2,1-2H3;1-6H,7H2,(H2,15,16);1-3H,4H2;5H,3H2,1-2H3;1-3,8H,(H2,6,7);1H;1H2;1H2;1H3;;;/q;;;;;;;2*-1;;;. The average molecular weight is 2240 g/mol. The second-order valence-corrected chi connectivity index (χ2v) is 30.3. The molecule has 0 fully saturated rings. The molecule has 1 unspecified atom stereocenters. The van der Waals surface area contributed by atoms with Gasteiger partial charge in [0.15, 0.2) is 51.4 Å². The maximum absolute atomic E-state index is 13.7. The van der Waals surface area contributed by atoms with Gasteiger partial charge >= 0.3 is 11.9 Å². The molecule has 7 aromatic rings. The monoisotopic (exact) mass is 2240 g/mol. The molecule has 84 heavy (non-hydrogen) atoms. The van der Waals surface area contributed by atoms with E-state index in [4.69, 9.17) is 42.4 Å². The molecular weight excluding hydrogens is 2180 g/mol. The van der Waals surface area contributed by atoms with Gasteiger partial charge in [0.2, 0.25) is 0 Å². The van der Waals surface area contributed by atoms with E-state index in [1.807, 2.05) is 22.6 Å². The van der Waals surface area contributed by atoms with Crippen LogP contribution in [0, 0.1) is 54.2 Å². The fourth-order valence-corrected chi connectivity index (χ4v) is 5.93. The van der Waals surface area contributed by atoms with Crippen LogP contribution >= 0.6 is 200 Å². The number of hydrogen-bond donors (Lipinski definition) is 3. The Hall–Kier alpha value is -0.381. The van der Waals surface area contributed by atoms with Gasteiger partial charge in [-0.05, 0) is 100 Å². The van der Waals surface area contributed by atoms with Crippen molar-refractivity contribution in [2.24, 2.45) is 0 Å². The fourth-order valence-electron chi connectivity index (χ4n) is 5.33. The topological polar surface area (TPSA) is 203 Å². The van der Waals surface area contributed by atoms with Crippen LogP contribution in [0.15, 0.2) is 110 Å². The summed E-state index contributed by atoms with van der Waals surface area (Å²) < 4.78 is 103. The first-order chi connectivity index (χ1) is 38.5. The summed E-state index contributed by atoms with van der Waals surface area (Å²) in [5.41, 5.74) is 11.6. The largest absolute Gasteiger partial charge is 0.504 e. The minimum atomic E-state index is -1.14. The van der Waals surface area contributed by atoms with Crippen molar-refractivity contribution in [3.05, 3.63) is 185 Å². The van der Waals surface area contributed by atoms with Gasteiger partial charge in [0.25, 0.3) is 0 Å². The molecule has 4 heterocycles. The zero-order chi connectivity index (χ0) is 62.2. The number of esters is 2. The molecular formula is C52H54BrClF6I8N6O8V2-2. The Kier molecular flexibility index (Phi) is 61.0. The first-order valence-corrected chi connectivity index (χ1v) is 38.3. The first-order valence-electron chi connectivity index (χ1n) is 22.1. The molecule has 1 atom stereocenters. The second-order valence-electron chi connectivity index (χ2n) is 14.0. The Labute approximate surface area is 627 Å². The van der Waals surface area contributed by atoms with Crippen molar-refractivity contribution in [2.45, 2.75) is 51.6 Å². The summed E-state index contributed by atoms with van der Waals surface area (Å²) in [5.74, 6) is -4.21. The zero-order valence-corrected chi connectivity index (χ0v) is 67.1. The number of aryl methyl sites for hydroxylation is 1. The average Bonchev–Trinajstić information content (AvgIpc) is 3.81. The van der Waals surface area contributed by atoms with Crippen molar-refractivity contribution < 1.29 is 102 Å². The number of hydrogen-bond acceptors (Lipinski definition) is 13. The molecule has 5 N–H and O–H groups in total. The summed E-state index contributed by atoms with van der Waals surface area (Å²) in [6.07, 6.45) is 4.68. The third-order valence-corrected chi connectivity index (χ3v) is 9.83. The third kappa shape index (κ3) is 37.1. The molecule has 4 aromatic heterocycles. The van der Waals surface area contributed by atoms with E-state index in [0.717, 1.165) is -0.0619 Å². The number of halogens is 16. The molecule has 2 radical (unpaired) electrons. The number of imidazole rings is 1. The Bertz CT molecular complexity index is 2890. The Morgan fingerprint density at radius 3 is 1.42 bits per heavy atom. The van der Waals surface area contributed by atoms with Crippen LogP contribution in [-0.4, -0.2) is 63.1 Å². The van der Waals surface area contributed by atoms with E-state index in [1.165, 1.54) is 82.4 Å². The Morgan fingerprint density at radius 1 is 0.690 bits per heavy atom. The van der Waals surface area contributed by atoms with Gasteiger partial charge in [-0.2, -0.15) is 0 Å². The summed E-state index contributed by atoms with van der Waals surface area (Å²) in [5, 5.41) is 7.81. The number of aromatic hydroxyl groups is 1. The van der Waals surface area contributed by atoms with E-state index in [9.17, 15) is 40.7 Å². The van der Waals surface area contributed by atoms with Gasteiger partial charge in [-0.1, -0.05) is 147 Å². The van der Waals surface area contributed by atoms with Crippen molar-refractivity contribution in [2.75, 3.05) is 27.1 Å². The minimum absolute atomic E-state index is 0. The molecule has 14 nitrogen and oxygen atoms in total. The number of rotatable bonds is 12. The molecule has 0 aliphatic carbocycles. The first kappa shape index (κ1) is 92.3. The Morgan fingerprint density at radius 2 is 1.07 bits per heavy atom. The predicted molar refractivity (Wildman–Crippen MR) is 385 cm³/mol.